The summed E-state index contributed by atoms with van der Waals surface area (Å²) in [6, 6.07) is 2.93. The van der Waals surface area contributed by atoms with Crippen molar-refractivity contribution in [2.75, 3.05) is 50.0 Å². The third kappa shape index (κ3) is 5.66. The van der Waals surface area contributed by atoms with Crippen molar-refractivity contribution in [3.63, 3.8) is 0 Å². The van der Waals surface area contributed by atoms with Gasteiger partial charge in [0.25, 0.3) is 0 Å². The molecule has 0 amide bonds. The van der Waals surface area contributed by atoms with Crippen LogP contribution in [0, 0.1) is 5.82 Å². The van der Waals surface area contributed by atoms with Crippen LogP contribution in [-0.4, -0.2) is 86.1 Å². The molecule has 1 fully saturated rings. The lowest BCUT2D eigenvalue weighted by Crippen LogP contribution is -2.45. The molecule has 13 heteroatoms. The number of imidazole rings is 1. The Bertz CT molecular complexity index is 1090. The van der Waals surface area contributed by atoms with Crippen molar-refractivity contribution in [1.29, 1.82) is 0 Å². The third-order valence-electron chi connectivity index (χ3n) is 5.47. The summed E-state index contributed by atoms with van der Waals surface area (Å²) in [6.07, 6.45) is -0.380. The highest BCUT2D eigenvalue weighted by molar-refractivity contribution is 5.82. The van der Waals surface area contributed by atoms with Gasteiger partial charge >= 0.3 is 6.18 Å². The lowest BCUT2D eigenvalue weighted by atomic mass is 10.0. The molecule has 0 bridgehead atoms. The maximum Gasteiger partial charge on any atom is 0.406 e. The van der Waals surface area contributed by atoms with E-state index in [1.54, 1.807) is 6.07 Å². The van der Waals surface area contributed by atoms with E-state index < -0.39 is 24.1 Å². The number of β-amino-alcohol motifs (C(OH)–C–C–N with tert-alkyl or cyclic N) is 1. The second-order valence-electron chi connectivity index (χ2n) is 8.28. The minimum Gasteiger partial charge on any atom is -0.387 e. The van der Waals surface area contributed by atoms with E-state index >= 15 is 0 Å². The second-order valence-corrected chi connectivity index (χ2v) is 8.28. The van der Waals surface area contributed by atoms with Crippen molar-refractivity contribution in [2.24, 2.45) is 0 Å². The van der Waals surface area contributed by atoms with Gasteiger partial charge in [-0.1, -0.05) is 0 Å². The number of nitrogens with one attached hydrogen (secondary N) is 1. The van der Waals surface area contributed by atoms with Gasteiger partial charge in [0, 0.05) is 32.7 Å². The van der Waals surface area contributed by atoms with Crippen molar-refractivity contribution in [1.82, 2.24) is 29.4 Å². The summed E-state index contributed by atoms with van der Waals surface area (Å²) in [4.78, 5) is 20.0. The van der Waals surface area contributed by atoms with E-state index in [1.165, 1.54) is 12.4 Å². The summed E-state index contributed by atoms with van der Waals surface area (Å²) in [5.41, 5.74) is -0.571. The van der Waals surface area contributed by atoms with Gasteiger partial charge < -0.3 is 24.8 Å². The lowest BCUT2D eigenvalue weighted by molar-refractivity contribution is -0.140. The summed E-state index contributed by atoms with van der Waals surface area (Å²) >= 11 is 0. The quantitative estimate of drug-likeness (QED) is 0.485. The monoisotopic (exact) mass is 468 g/mol. The number of nitrogens with zero attached hydrogens (tertiary/aromatic N) is 7. The molecule has 1 saturated heterocycles. The third-order valence-corrected chi connectivity index (χ3v) is 5.47. The van der Waals surface area contributed by atoms with E-state index in [2.05, 4.69) is 25.3 Å². The minimum absolute atomic E-state index is 0.105. The van der Waals surface area contributed by atoms with E-state index in [1.807, 2.05) is 16.8 Å². The summed E-state index contributed by atoms with van der Waals surface area (Å²) in [7, 11) is 1.87. The number of pyridine rings is 1. The van der Waals surface area contributed by atoms with Crippen LogP contribution in [0.3, 0.4) is 0 Å². The first-order valence-corrected chi connectivity index (χ1v) is 10.4. The smallest absolute Gasteiger partial charge is 0.387 e. The van der Waals surface area contributed by atoms with Crippen molar-refractivity contribution in [3.05, 3.63) is 36.8 Å². The number of likely N-dealkylation sites (N-methyl/N-ethyl adjacent to an activating group) is 1. The number of hydrogen-bond acceptors (Lipinski definition) is 8. The van der Waals surface area contributed by atoms with Crippen LogP contribution < -0.4 is 10.2 Å². The first kappa shape index (κ1) is 23.1. The fraction of sp³-hybridized carbons (Fsp3) is 0.500. The molecular formula is C20H24F4N8O. The van der Waals surface area contributed by atoms with Gasteiger partial charge in [0.2, 0.25) is 0 Å². The number of hydrogen-bond donors (Lipinski definition) is 2. The fourth-order valence-electron chi connectivity index (χ4n) is 4.00. The molecule has 9 nitrogen and oxygen atoms in total. The molecule has 1 atom stereocenters. The Hall–Kier alpha value is -3.06. The predicted molar refractivity (Wildman–Crippen MR) is 113 cm³/mol. The Morgan fingerprint density at radius 3 is 2.76 bits per heavy atom. The first-order valence-electron chi connectivity index (χ1n) is 10.4. The number of aromatic nitrogens is 5. The summed E-state index contributed by atoms with van der Waals surface area (Å²) in [6.45, 7) is 1.21. The van der Waals surface area contributed by atoms with Crippen LogP contribution in [0.15, 0.2) is 31.0 Å². The van der Waals surface area contributed by atoms with Gasteiger partial charge in [-0.15, -0.1) is 0 Å². The van der Waals surface area contributed by atoms with Gasteiger partial charge in [0.1, 0.15) is 30.0 Å². The van der Waals surface area contributed by atoms with Crippen LogP contribution >= 0.6 is 0 Å². The van der Waals surface area contributed by atoms with E-state index in [0.29, 0.717) is 50.8 Å². The number of aliphatic hydroxyl groups is 1. The molecule has 4 rings (SSSR count). The standard InChI is InChI=1S/C20H24F4N8O/c1-30(9-19(33)4-6-31(10-19)15-3-2-14(21)8-26-15)7-5-25-17-16-18(28-12-27-17)32(13-29-16)11-20(22,23)24/h2-3,8,12-13,33H,4-7,9-11H2,1H3,(H,25,27,28). The predicted octanol–water partition coefficient (Wildman–Crippen LogP) is 1.91. The topological polar surface area (TPSA) is 95.2 Å². The van der Waals surface area contributed by atoms with Gasteiger partial charge in [-0.3, -0.25) is 0 Å². The van der Waals surface area contributed by atoms with Gasteiger partial charge in [-0.05, 0) is 25.6 Å². The van der Waals surface area contributed by atoms with Gasteiger partial charge in [0.05, 0.1) is 18.1 Å². The van der Waals surface area contributed by atoms with Crippen molar-refractivity contribution in [2.45, 2.75) is 24.7 Å². The maximum atomic E-state index is 13.1. The molecule has 0 spiro atoms. The molecule has 178 valence electrons. The summed E-state index contributed by atoms with van der Waals surface area (Å²) < 4.78 is 52.2. The normalized spacial score (nSPS) is 19.1. The number of alkyl halides is 3. The molecular weight excluding hydrogens is 444 g/mol. The minimum atomic E-state index is -4.38. The Labute approximate surface area is 187 Å². The molecule has 33 heavy (non-hydrogen) atoms. The van der Waals surface area contributed by atoms with Crippen molar-refractivity contribution in [3.8, 4) is 0 Å². The Morgan fingerprint density at radius 2 is 2.03 bits per heavy atom. The first-order chi connectivity index (χ1) is 15.6. The SMILES string of the molecule is CN(CCNc1ncnc2c1ncn2CC(F)(F)F)CC1(O)CCN(c2ccc(F)cn2)C1. The fourth-order valence-corrected chi connectivity index (χ4v) is 4.00. The van der Waals surface area contributed by atoms with Crippen molar-refractivity contribution < 1.29 is 22.7 Å². The molecule has 1 unspecified atom stereocenters. The molecule has 4 heterocycles. The number of fused-ring (bicyclic) bond motifs is 1. The van der Waals surface area contributed by atoms with E-state index in [9.17, 15) is 22.7 Å². The second kappa shape index (κ2) is 9.06. The molecule has 3 aromatic heterocycles. The molecule has 0 saturated carbocycles. The lowest BCUT2D eigenvalue weighted by Gasteiger charge is -2.29. The van der Waals surface area contributed by atoms with E-state index in [0.717, 1.165) is 17.1 Å². The zero-order valence-corrected chi connectivity index (χ0v) is 17.9. The Morgan fingerprint density at radius 1 is 1.21 bits per heavy atom. The molecule has 0 aromatic carbocycles. The summed E-state index contributed by atoms with van der Waals surface area (Å²) in [5.74, 6) is 0.561. The van der Waals surface area contributed by atoms with E-state index in [4.69, 9.17) is 0 Å². The van der Waals surface area contributed by atoms with Crippen LogP contribution in [0.5, 0.6) is 0 Å². The van der Waals surface area contributed by atoms with E-state index in [-0.39, 0.29) is 11.2 Å². The van der Waals surface area contributed by atoms with Crippen LogP contribution in [0.4, 0.5) is 29.2 Å². The van der Waals surface area contributed by atoms with Crippen molar-refractivity contribution >= 4 is 22.8 Å². The zero-order chi connectivity index (χ0) is 23.6. The van der Waals surface area contributed by atoms with Crippen LogP contribution in [0.25, 0.3) is 11.2 Å². The van der Waals surface area contributed by atoms with Gasteiger partial charge in [-0.2, -0.15) is 13.2 Å². The zero-order valence-electron chi connectivity index (χ0n) is 17.9. The van der Waals surface area contributed by atoms with Crippen LogP contribution in [0.1, 0.15) is 6.42 Å². The molecule has 1 aliphatic rings. The highest BCUT2D eigenvalue weighted by Gasteiger charge is 2.37. The average molecular weight is 468 g/mol. The molecule has 2 N–H and O–H groups in total. The number of halogens is 4. The summed E-state index contributed by atoms with van der Waals surface area (Å²) in [5, 5.41) is 14.1. The Balaban J connectivity index is 1.30. The van der Waals surface area contributed by atoms with Crippen LogP contribution in [0.2, 0.25) is 0 Å². The highest BCUT2D eigenvalue weighted by atomic mass is 19.4. The molecule has 0 radical (unpaired) electrons. The van der Waals surface area contributed by atoms with Crippen LogP contribution in [-0.2, 0) is 6.54 Å². The average Bonchev–Trinajstić information content (AvgIpc) is 3.32. The molecule has 0 aliphatic carbocycles. The largest absolute Gasteiger partial charge is 0.406 e. The molecule has 3 aromatic rings. The molecule has 1 aliphatic heterocycles. The Kier molecular flexibility index (Phi) is 6.34. The maximum absolute atomic E-state index is 13.1. The van der Waals surface area contributed by atoms with Gasteiger partial charge in [0.15, 0.2) is 11.5 Å². The highest BCUT2D eigenvalue weighted by Crippen LogP contribution is 2.26. The number of anilines is 2. The van der Waals surface area contributed by atoms with Gasteiger partial charge in [-0.25, -0.2) is 24.3 Å². The number of rotatable bonds is 8.